The van der Waals surface area contributed by atoms with Crippen molar-refractivity contribution in [2.75, 3.05) is 6.61 Å². The molecule has 1 aromatic carbocycles. The SMILES string of the molecule is Cc1ccc(OCC(=O)NN2C(=O)[C@@H]3[C@@H](C2=O)[C@H]2CC[C@@H]3O2)cc1. The summed E-state index contributed by atoms with van der Waals surface area (Å²) in [6.07, 6.45) is 1.20. The Morgan fingerprint density at radius 3 is 2.33 bits per heavy atom. The maximum atomic E-state index is 12.4. The number of fused-ring (bicyclic) bond motifs is 5. The van der Waals surface area contributed by atoms with Gasteiger partial charge in [-0.15, -0.1) is 0 Å². The molecule has 1 N–H and O–H groups in total. The molecule has 0 saturated carbocycles. The van der Waals surface area contributed by atoms with E-state index in [2.05, 4.69) is 5.43 Å². The first kappa shape index (κ1) is 15.1. The molecule has 3 amide bonds. The fourth-order valence-corrected chi connectivity index (χ4v) is 3.76. The number of benzene rings is 1. The van der Waals surface area contributed by atoms with Crippen molar-refractivity contribution in [1.29, 1.82) is 0 Å². The molecule has 3 saturated heterocycles. The molecule has 126 valence electrons. The molecule has 0 aromatic heterocycles. The highest BCUT2D eigenvalue weighted by atomic mass is 16.5. The molecule has 2 bridgehead atoms. The molecule has 24 heavy (non-hydrogen) atoms. The number of imide groups is 1. The van der Waals surface area contributed by atoms with Gasteiger partial charge in [-0.1, -0.05) is 17.7 Å². The van der Waals surface area contributed by atoms with E-state index in [-0.39, 0.29) is 30.6 Å². The van der Waals surface area contributed by atoms with Gasteiger partial charge in [0.15, 0.2) is 6.61 Å². The normalized spacial score (nSPS) is 30.6. The summed E-state index contributed by atoms with van der Waals surface area (Å²) in [5.41, 5.74) is 3.46. The van der Waals surface area contributed by atoms with Crippen LogP contribution in [0, 0.1) is 18.8 Å². The summed E-state index contributed by atoms with van der Waals surface area (Å²) in [6.45, 7) is 1.69. The van der Waals surface area contributed by atoms with Crippen molar-refractivity contribution in [3.05, 3.63) is 29.8 Å². The summed E-state index contributed by atoms with van der Waals surface area (Å²) in [5, 5.41) is 0.851. The summed E-state index contributed by atoms with van der Waals surface area (Å²) in [7, 11) is 0. The van der Waals surface area contributed by atoms with Gasteiger partial charge in [0.25, 0.3) is 17.7 Å². The first-order valence-electron chi connectivity index (χ1n) is 8.07. The number of aryl methyl sites for hydroxylation is 1. The number of carbonyl (C=O) groups is 3. The number of carbonyl (C=O) groups excluding carboxylic acids is 3. The van der Waals surface area contributed by atoms with Crippen molar-refractivity contribution in [1.82, 2.24) is 10.4 Å². The van der Waals surface area contributed by atoms with Crippen LogP contribution in [0.3, 0.4) is 0 Å². The van der Waals surface area contributed by atoms with Gasteiger partial charge in [-0.05, 0) is 31.9 Å². The van der Waals surface area contributed by atoms with Gasteiger partial charge in [0.05, 0.1) is 24.0 Å². The quantitative estimate of drug-likeness (QED) is 0.816. The fraction of sp³-hybridized carbons (Fsp3) is 0.471. The lowest BCUT2D eigenvalue weighted by molar-refractivity contribution is -0.151. The summed E-state index contributed by atoms with van der Waals surface area (Å²) in [5.74, 6) is -1.63. The number of hydrogen-bond donors (Lipinski definition) is 1. The molecule has 0 radical (unpaired) electrons. The molecule has 4 rings (SSSR count). The molecule has 0 unspecified atom stereocenters. The predicted molar refractivity (Wildman–Crippen MR) is 81.5 cm³/mol. The second kappa shape index (κ2) is 5.59. The topological polar surface area (TPSA) is 84.9 Å². The molecular formula is C17H18N2O5. The number of nitrogens with zero attached hydrogens (tertiary/aromatic N) is 1. The van der Waals surface area contributed by atoms with Crippen LogP contribution in [0.2, 0.25) is 0 Å². The van der Waals surface area contributed by atoms with E-state index in [0.717, 1.165) is 23.4 Å². The van der Waals surface area contributed by atoms with Crippen molar-refractivity contribution in [2.45, 2.75) is 32.0 Å². The van der Waals surface area contributed by atoms with E-state index in [9.17, 15) is 14.4 Å². The van der Waals surface area contributed by atoms with Crippen LogP contribution in [-0.4, -0.2) is 41.5 Å². The van der Waals surface area contributed by atoms with Crippen LogP contribution in [-0.2, 0) is 19.1 Å². The van der Waals surface area contributed by atoms with E-state index in [1.807, 2.05) is 19.1 Å². The summed E-state index contributed by atoms with van der Waals surface area (Å²) in [4.78, 5) is 36.8. The van der Waals surface area contributed by atoms with Crippen LogP contribution in [0.5, 0.6) is 5.75 Å². The van der Waals surface area contributed by atoms with Crippen molar-refractivity contribution < 1.29 is 23.9 Å². The van der Waals surface area contributed by atoms with Gasteiger partial charge in [0.1, 0.15) is 5.75 Å². The van der Waals surface area contributed by atoms with Crippen molar-refractivity contribution in [3.8, 4) is 5.75 Å². The third kappa shape index (κ3) is 2.36. The molecule has 4 atom stereocenters. The molecular weight excluding hydrogens is 312 g/mol. The van der Waals surface area contributed by atoms with Gasteiger partial charge in [0.2, 0.25) is 0 Å². The Balaban J connectivity index is 1.37. The zero-order valence-corrected chi connectivity index (χ0v) is 13.2. The van der Waals surface area contributed by atoms with Crippen LogP contribution in [0.15, 0.2) is 24.3 Å². The minimum absolute atomic E-state index is 0.192. The van der Waals surface area contributed by atoms with E-state index in [4.69, 9.17) is 9.47 Å². The maximum Gasteiger partial charge on any atom is 0.276 e. The third-order valence-corrected chi connectivity index (χ3v) is 4.91. The van der Waals surface area contributed by atoms with E-state index in [0.29, 0.717) is 5.75 Å². The first-order chi connectivity index (χ1) is 11.5. The van der Waals surface area contributed by atoms with Crippen LogP contribution >= 0.6 is 0 Å². The monoisotopic (exact) mass is 330 g/mol. The Morgan fingerprint density at radius 1 is 1.17 bits per heavy atom. The minimum Gasteiger partial charge on any atom is -0.484 e. The second-order valence-corrected chi connectivity index (χ2v) is 6.49. The van der Waals surface area contributed by atoms with E-state index in [1.54, 1.807) is 12.1 Å². The molecule has 0 aliphatic carbocycles. The average Bonchev–Trinajstić information content (AvgIpc) is 3.24. The number of nitrogens with one attached hydrogen (secondary N) is 1. The molecule has 3 heterocycles. The van der Waals surface area contributed by atoms with E-state index in [1.165, 1.54) is 0 Å². The highest BCUT2D eigenvalue weighted by Gasteiger charge is 2.62. The number of ether oxygens (including phenoxy) is 2. The summed E-state index contributed by atoms with van der Waals surface area (Å²) < 4.78 is 11.0. The van der Waals surface area contributed by atoms with Gasteiger partial charge in [-0.2, -0.15) is 5.01 Å². The molecule has 1 aromatic rings. The summed E-state index contributed by atoms with van der Waals surface area (Å²) in [6, 6.07) is 7.26. The second-order valence-electron chi connectivity index (χ2n) is 6.49. The van der Waals surface area contributed by atoms with E-state index >= 15 is 0 Å². The largest absolute Gasteiger partial charge is 0.484 e. The zero-order valence-electron chi connectivity index (χ0n) is 13.2. The smallest absolute Gasteiger partial charge is 0.276 e. The number of rotatable bonds is 4. The molecule has 3 aliphatic heterocycles. The van der Waals surface area contributed by atoms with Crippen LogP contribution in [0.25, 0.3) is 0 Å². The van der Waals surface area contributed by atoms with Crippen molar-refractivity contribution in [3.63, 3.8) is 0 Å². The standard InChI is InChI=1S/C17H18N2O5/c1-9-2-4-10(5-3-9)23-8-13(20)18-19-16(21)14-11-6-7-12(24-11)15(14)17(19)22/h2-5,11-12,14-15H,6-8H2,1H3,(H,18,20)/t11-,12+,14-,15-/m0/s1. The Kier molecular flexibility index (Phi) is 3.53. The van der Waals surface area contributed by atoms with Crippen molar-refractivity contribution in [2.24, 2.45) is 11.8 Å². The highest BCUT2D eigenvalue weighted by molar-refractivity contribution is 6.07. The number of hydrogen-bond acceptors (Lipinski definition) is 5. The van der Waals surface area contributed by atoms with Gasteiger partial charge in [0, 0.05) is 0 Å². The third-order valence-electron chi connectivity index (χ3n) is 4.91. The Labute approximate surface area is 138 Å². The Hall–Kier alpha value is -2.41. The molecule has 7 heteroatoms. The van der Waals surface area contributed by atoms with Crippen LogP contribution < -0.4 is 10.2 Å². The minimum atomic E-state index is -0.537. The molecule has 0 spiro atoms. The van der Waals surface area contributed by atoms with E-state index < -0.39 is 17.7 Å². The Morgan fingerprint density at radius 2 is 1.75 bits per heavy atom. The maximum absolute atomic E-state index is 12.4. The lowest BCUT2D eigenvalue weighted by Gasteiger charge is -2.18. The highest BCUT2D eigenvalue weighted by Crippen LogP contribution is 2.47. The van der Waals surface area contributed by atoms with Gasteiger partial charge in [-0.25, -0.2) is 0 Å². The number of amides is 3. The van der Waals surface area contributed by atoms with Crippen molar-refractivity contribution >= 4 is 17.7 Å². The number of hydrazine groups is 1. The lowest BCUT2D eigenvalue weighted by atomic mass is 9.81. The van der Waals surface area contributed by atoms with Gasteiger partial charge < -0.3 is 9.47 Å². The molecule has 7 nitrogen and oxygen atoms in total. The summed E-state index contributed by atoms with van der Waals surface area (Å²) >= 11 is 0. The Bertz CT molecular complexity index is 673. The van der Waals surface area contributed by atoms with Gasteiger partial charge >= 0.3 is 0 Å². The van der Waals surface area contributed by atoms with Crippen LogP contribution in [0.4, 0.5) is 0 Å². The first-order valence-corrected chi connectivity index (χ1v) is 8.07. The molecule has 3 aliphatic rings. The van der Waals surface area contributed by atoms with Gasteiger partial charge in [-0.3, -0.25) is 19.8 Å². The van der Waals surface area contributed by atoms with Crippen LogP contribution in [0.1, 0.15) is 18.4 Å². The zero-order chi connectivity index (χ0) is 16.8. The average molecular weight is 330 g/mol. The lowest BCUT2D eigenvalue weighted by Crippen LogP contribution is -2.49. The predicted octanol–water partition coefficient (Wildman–Crippen LogP) is 0.567. The fourth-order valence-electron chi connectivity index (χ4n) is 3.76. The molecule has 3 fully saturated rings.